The van der Waals surface area contributed by atoms with E-state index in [0.29, 0.717) is 29.4 Å². The van der Waals surface area contributed by atoms with Crippen LogP contribution in [0.3, 0.4) is 0 Å². The average molecular weight is 461 g/mol. The number of ether oxygens (including phenoxy) is 2. The lowest BCUT2D eigenvalue weighted by Gasteiger charge is -2.19. The van der Waals surface area contributed by atoms with Gasteiger partial charge in [0.25, 0.3) is 0 Å². The molecule has 3 aromatic carbocycles. The Hall–Kier alpha value is -4.13. The van der Waals surface area contributed by atoms with Crippen LogP contribution in [0, 0.1) is 0 Å². The van der Waals surface area contributed by atoms with Crippen LogP contribution in [0.25, 0.3) is 0 Å². The van der Waals surface area contributed by atoms with Gasteiger partial charge in [-0.25, -0.2) is 9.59 Å². The van der Waals surface area contributed by atoms with E-state index < -0.39 is 11.9 Å². The first-order chi connectivity index (χ1) is 16.2. The maximum atomic E-state index is 12.7. The van der Waals surface area contributed by atoms with Crippen LogP contribution < -0.4 is 14.9 Å². The van der Waals surface area contributed by atoms with Crippen LogP contribution >= 0.6 is 0 Å². The van der Waals surface area contributed by atoms with E-state index in [1.807, 2.05) is 19.1 Å². The van der Waals surface area contributed by atoms with Crippen LogP contribution in [0.5, 0.6) is 11.5 Å². The summed E-state index contributed by atoms with van der Waals surface area (Å²) < 4.78 is 11.3. The first kappa shape index (κ1) is 24.5. The summed E-state index contributed by atoms with van der Waals surface area (Å²) in [6.45, 7) is 8.60. The highest BCUT2D eigenvalue weighted by Gasteiger charge is 2.16. The average Bonchev–Trinajstić information content (AvgIpc) is 2.80. The van der Waals surface area contributed by atoms with E-state index >= 15 is 0 Å². The smallest absolute Gasteiger partial charge is 0.343 e. The largest absolute Gasteiger partial charge is 0.490 e. The van der Waals surface area contributed by atoms with E-state index in [1.165, 1.54) is 12.1 Å². The lowest BCUT2D eigenvalue weighted by Crippen LogP contribution is -2.13. The number of rotatable bonds is 8. The number of carboxylic acids is 1. The van der Waals surface area contributed by atoms with E-state index in [9.17, 15) is 9.59 Å². The third-order valence-corrected chi connectivity index (χ3v) is 5.00. The number of benzene rings is 3. The number of aromatic carboxylic acids is 1. The van der Waals surface area contributed by atoms with E-state index in [1.54, 1.807) is 48.7 Å². The second-order valence-corrected chi connectivity index (χ2v) is 8.61. The molecule has 0 aromatic heterocycles. The van der Waals surface area contributed by atoms with Crippen LogP contribution in [0.1, 0.15) is 59.5 Å². The summed E-state index contributed by atoms with van der Waals surface area (Å²) in [5.74, 6) is -0.700. The minimum atomic E-state index is -0.985. The van der Waals surface area contributed by atoms with Crippen LogP contribution in [0.15, 0.2) is 71.8 Å². The SMILES string of the molecule is CCOc1cc(/C=N\Nc2ccc(C(=O)O)cc2)ccc1OC(=O)c1ccc(C(C)(C)C)cc1. The molecule has 7 nitrogen and oxygen atoms in total. The van der Waals surface area contributed by atoms with Gasteiger partial charge in [0.15, 0.2) is 11.5 Å². The van der Waals surface area contributed by atoms with Crippen molar-refractivity contribution in [3.63, 3.8) is 0 Å². The second kappa shape index (κ2) is 10.7. The van der Waals surface area contributed by atoms with Gasteiger partial charge < -0.3 is 14.6 Å². The first-order valence-corrected chi connectivity index (χ1v) is 10.9. The molecule has 0 aliphatic rings. The summed E-state index contributed by atoms with van der Waals surface area (Å²) >= 11 is 0. The summed E-state index contributed by atoms with van der Waals surface area (Å²) in [7, 11) is 0. The molecule has 0 atom stereocenters. The van der Waals surface area contributed by atoms with Crippen molar-refractivity contribution in [2.45, 2.75) is 33.1 Å². The fourth-order valence-corrected chi connectivity index (χ4v) is 3.09. The van der Waals surface area contributed by atoms with Crippen molar-refractivity contribution >= 4 is 23.8 Å². The number of nitrogens with zero attached hydrogens (tertiary/aromatic N) is 1. The highest BCUT2D eigenvalue weighted by atomic mass is 16.6. The molecule has 3 aromatic rings. The number of hydrogen-bond donors (Lipinski definition) is 2. The Balaban J connectivity index is 1.70. The molecular weight excluding hydrogens is 432 g/mol. The van der Waals surface area contributed by atoms with Gasteiger partial charge in [0.1, 0.15) is 0 Å². The molecular formula is C27H28N2O5. The highest BCUT2D eigenvalue weighted by molar-refractivity contribution is 5.92. The van der Waals surface area contributed by atoms with Gasteiger partial charge in [-0.1, -0.05) is 32.9 Å². The van der Waals surface area contributed by atoms with E-state index in [4.69, 9.17) is 14.6 Å². The minimum absolute atomic E-state index is 0.00125. The zero-order valence-electron chi connectivity index (χ0n) is 19.7. The highest BCUT2D eigenvalue weighted by Crippen LogP contribution is 2.29. The molecule has 0 radical (unpaired) electrons. The molecule has 0 fully saturated rings. The van der Waals surface area contributed by atoms with Crippen molar-refractivity contribution in [1.82, 2.24) is 0 Å². The van der Waals surface area contributed by atoms with Crippen LogP contribution in [-0.4, -0.2) is 29.9 Å². The summed E-state index contributed by atoms with van der Waals surface area (Å²) in [6.07, 6.45) is 1.59. The number of anilines is 1. The van der Waals surface area contributed by atoms with Gasteiger partial charge in [0.05, 0.1) is 29.6 Å². The van der Waals surface area contributed by atoms with Crippen molar-refractivity contribution in [2.75, 3.05) is 12.0 Å². The van der Waals surface area contributed by atoms with Gasteiger partial charge in [0.2, 0.25) is 0 Å². The molecule has 0 heterocycles. The molecule has 0 amide bonds. The topological polar surface area (TPSA) is 97.2 Å². The third kappa shape index (κ3) is 6.45. The van der Waals surface area contributed by atoms with Crippen molar-refractivity contribution in [1.29, 1.82) is 0 Å². The summed E-state index contributed by atoms with van der Waals surface area (Å²) in [4.78, 5) is 23.6. The van der Waals surface area contributed by atoms with E-state index in [0.717, 1.165) is 11.1 Å². The molecule has 0 aliphatic carbocycles. The predicted molar refractivity (Wildman–Crippen MR) is 132 cm³/mol. The van der Waals surface area contributed by atoms with Gasteiger partial charge in [-0.3, -0.25) is 5.43 Å². The molecule has 3 rings (SSSR count). The molecule has 2 N–H and O–H groups in total. The zero-order chi connectivity index (χ0) is 24.7. The number of nitrogens with one attached hydrogen (secondary N) is 1. The Labute approximate surface area is 199 Å². The monoisotopic (exact) mass is 460 g/mol. The number of hydrazone groups is 1. The summed E-state index contributed by atoms with van der Waals surface area (Å²) in [5, 5.41) is 13.1. The molecule has 176 valence electrons. The minimum Gasteiger partial charge on any atom is -0.490 e. The molecule has 0 saturated carbocycles. The predicted octanol–water partition coefficient (Wildman–Crippen LogP) is 5.75. The maximum absolute atomic E-state index is 12.7. The van der Waals surface area contributed by atoms with Crippen LogP contribution in [0.4, 0.5) is 5.69 Å². The van der Waals surface area contributed by atoms with Crippen molar-refractivity contribution in [2.24, 2.45) is 5.10 Å². The molecule has 7 heteroatoms. The number of carbonyl (C=O) groups excluding carboxylic acids is 1. The Kier molecular flexibility index (Phi) is 7.68. The number of hydrogen-bond acceptors (Lipinski definition) is 6. The van der Waals surface area contributed by atoms with Crippen molar-refractivity contribution in [3.8, 4) is 11.5 Å². The van der Waals surface area contributed by atoms with Gasteiger partial charge in [-0.2, -0.15) is 5.10 Å². The maximum Gasteiger partial charge on any atom is 0.343 e. The Morgan fingerprint density at radius 2 is 1.59 bits per heavy atom. The Morgan fingerprint density at radius 1 is 0.941 bits per heavy atom. The fraction of sp³-hybridized carbons (Fsp3) is 0.222. The second-order valence-electron chi connectivity index (χ2n) is 8.61. The van der Waals surface area contributed by atoms with E-state index in [2.05, 4.69) is 31.3 Å². The van der Waals surface area contributed by atoms with Crippen molar-refractivity contribution in [3.05, 3.63) is 89.0 Å². The van der Waals surface area contributed by atoms with Gasteiger partial charge in [-0.05, 0) is 78.1 Å². The van der Waals surface area contributed by atoms with Gasteiger partial charge in [-0.15, -0.1) is 0 Å². The third-order valence-electron chi connectivity index (χ3n) is 5.00. The quantitative estimate of drug-likeness (QED) is 0.192. The molecule has 0 spiro atoms. The Morgan fingerprint density at radius 3 is 2.18 bits per heavy atom. The zero-order valence-corrected chi connectivity index (χ0v) is 19.7. The Bertz CT molecular complexity index is 1180. The molecule has 0 bridgehead atoms. The summed E-state index contributed by atoms with van der Waals surface area (Å²) in [6, 6.07) is 18.8. The van der Waals surface area contributed by atoms with Gasteiger partial charge in [0, 0.05) is 0 Å². The molecule has 0 unspecified atom stereocenters. The fourth-order valence-electron chi connectivity index (χ4n) is 3.09. The normalized spacial score (nSPS) is 11.3. The standard InChI is InChI=1S/C27H28N2O5/c1-5-33-24-16-18(17-28-29-22-13-9-19(10-14-22)25(30)31)6-15-23(24)34-26(32)20-7-11-21(12-8-20)27(2,3)4/h6-17,29H,5H2,1-4H3,(H,30,31)/b28-17-. The molecule has 0 saturated heterocycles. The lowest BCUT2D eigenvalue weighted by molar-refractivity contribution is 0.0694. The van der Waals surface area contributed by atoms with Crippen LogP contribution in [-0.2, 0) is 5.41 Å². The van der Waals surface area contributed by atoms with Gasteiger partial charge >= 0.3 is 11.9 Å². The first-order valence-electron chi connectivity index (χ1n) is 10.9. The summed E-state index contributed by atoms with van der Waals surface area (Å²) in [5.41, 5.74) is 6.01. The lowest BCUT2D eigenvalue weighted by atomic mass is 9.87. The number of carbonyl (C=O) groups is 2. The molecule has 0 aliphatic heterocycles. The van der Waals surface area contributed by atoms with Crippen LogP contribution in [0.2, 0.25) is 0 Å². The number of esters is 1. The van der Waals surface area contributed by atoms with E-state index in [-0.39, 0.29) is 11.0 Å². The molecule has 34 heavy (non-hydrogen) atoms. The van der Waals surface area contributed by atoms with Crippen molar-refractivity contribution < 1.29 is 24.2 Å². The number of carboxylic acid groups (broad SMARTS) is 1.